The average molecular weight is 447 g/mol. The van der Waals surface area contributed by atoms with Gasteiger partial charge in [-0.25, -0.2) is 19.3 Å². The Morgan fingerprint density at radius 1 is 0.968 bits per heavy atom. The van der Waals surface area contributed by atoms with Gasteiger partial charge >= 0.3 is 0 Å². The summed E-state index contributed by atoms with van der Waals surface area (Å²) < 4.78 is 14.5. The highest BCUT2D eigenvalue weighted by atomic mass is 32.1. The molecular formula is C23H15FN4OS2. The molecule has 5 rings (SSSR count). The molecule has 2 aromatic carbocycles. The summed E-state index contributed by atoms with van der Waals surface area (Å²) in [6.07, 6.45) is 1.82. The Morgan fingerprint density at radius 3 is 2.68 bits per heavy atom. The van der Waals surface area contributed by atoms with Crippen molar-refractivity contribution < 1.29 is 9.18 Å². The highest BCUT2D eigenvalue weighted by Gasteiger charge is 2.11. The van der Waals surface area contributed by atoms with Crippen LogP contribution in [0.2, 0.25) is 0 Å². The summed E-state index contributed by atoms with van der Waals surface area (Å²) in [5.41, 5.74) is 3.19. The van der Waals surface area contributed by atoms with Gasteiger partial charge in [0.2, 0.25) is 5.91 Å². The lowest BCUT2D eigenvalue weighted by molar-refractivity contribution is -0.115. The first-order chi connectivity index (χ1) is 15.1. The number of anilines is 1. The molecule has 31 heavy (non-hydrogen) atoms. The van der Waals surface area contributed by atoms with Gasteiger partial charge in [-0.2, -0.15) is 0 Å². The number of amides is 1. The van der Waals surface area contributed by atoms with E-state index in [1.165, 1.54) is 23.5 Å². The summed E-state index contributed by atoms with van der Waals surface area (Å²) >= 11 is 2.99. The Balaban J connectivity index is 1.24. The van der Waals surface area contributed by atoms with Gasteiger partial charge < -0.3 is 5.32 Å². The van der Waals surface area contributed by atoms with Gasteiger partial charge in [0.25, 0.3) is 0 Å². The van der Waals surface area contributed by atoms with Gasteiger partial charge in [-0.05, 0) is 36.4 Å². The molecule has 0 bridgehead atoms. The van der Waals surface area contributed by atoms with Crippen molar-refractivity contribution in [1.82, 2.24) is 15.0 Å². The van der Waals surface area contributed by atoms with E-state index in [4.69, 9.17) is 0 Å². The van der Waals surface area contributed by atoms with E-state index in [9.17, 15) is 9.18 Å². The molecule has 0 unspecified atom stereocenters. The number of halogens is 1. The molecule has 0 atom stereocenters. The Hall–Kier alpha value is -3.49. The van der Waals surface area contributed by atoms with Crippen LogP contribution in [0.4, 0.5) is 10.2 Å². The highest BCUT2D eigenvalue weighted by molar-refractivity contribution is 7.21. The number of nitrogens with one attached hydrogen (secondary N) is 1. The molecule has 0 saturated carbocycles. The van der Waals surface area contributed by atoms with Crippen molar-refractivity contribution in [3.8, 4) is 21.1 Å². The minimum Gasteiger partial charge on any atom is -0.310 e. The van der Waals surface area contributed by atoms with Gasteiger partial charge in [-0.1, -0.05) is 24.3 Å². The van der Waals surface area contributed by atoms with E-state index in [1.54, 1.807) is 35.7 Å². The molecule has 5 nitrogen and oxygen atoms in total. The fraction of sp³-hybridized carbons (Fsp3) is 0.0435. The third kappa shape index (κ3) is 4.35. The molecule has 5 aromatic rings. The summed E-state index contributed by atoms with van der Waals surface area (Å²) in [7, 11) is 0. The van der Waals surface area contributed by atoms with Gasteiger partial charge in [-0.15, -0.1) is 22.7 Å². The SMILES string of the molecule is O=C(Cc1csc(-c2cccc(F)c2)n1)Nc1ccc(-c2nc3ccccc3s2)cn1. The molecular weight excluding hydrogens is 431 g/mol. The number of aromatic nitrogens is 3. The molecule has 0 spiro atoms. The van der Waals surface area contributed by atoms with Crippen molar-refractivity contribution in [2.75, 3.05) is 5.32 Å². The van der Waals surface area contributed by atoms with Gasteiger partial charge in [0.05, 0.1) is 22.3 Å². The Morgan fingerprint density at radius 2 is 1.87 bits per heavy atom. The summed E-state index contributed by atoms with van der Waals surface area (Å²) in [4.78, 5) is 25.8. The maximum absolute atomic E-state index is 13.4. The van der Waals surface area contributed by atoms with E-state index in [1.807, 2.05) is 35.7 Å². The van der Waals surface area contributed by atoms with Gasteiger partial charge in [0.1, 0.15) is 21.7 Å². The molecule has 0 aliphatic heterocycles. The molecule has 0 aliphatic rings. The third-order valence-electron chi connectivity index (χ3n) is 4.54. The van der Waals surface area contributed by atoms with E-state index >= 15 is 0 Å². The van der Waals surface area contributed by atoms with Crippen LogP contribution in [-0.2, 0) is 11.2 Å². The summed E-state index contributed by atoms with van der Waals surface area (Å²) in [6, 6.07) is 17.9. The summed E-state index contributed by atoms with van der Waals surface area (Å²) in [6.45, 7) is 0. The van der Waals surface area contributed by atoms with E-state index in [0.717, 1.165) is 20.8 Å². The van der Waals surface area contributed by atoms with Crippen LogP contribution in [-0.4, -0.2) is 20.9 Å². The van der Waals surface area contributed by atoms with E-state index in [2.05, 4.69) is 20.3 Å². The third-order valence-corrected chi connectivity index (χ3v) is 6.56. The van der Waals surface area contributed by atoms with E-state index < -0.39 is 0 Å². The quantitative estimate of drug-likeness (QED) is 0.370. The molecule has 152 valence electrons. The highest BCUT2D eigenvalue weighted by Crippen LogP contribution is 2.30. The molecule has 1 amide bonds. The monoisotopic (exact) mass is 446 g/mol. The zero-order valence-electron chi connectivity index (χ0n) is 16.1. The normalized spacial score (nSPS) is 11.0. The predicted octanol–water partition coefficient (Wildman–Crippen LogP) is 5.80. The molecule has 1 N–H and O–H groups in total. The smallest absolute Gasteiger partial charge is 0.231 e. The largest absolute Gasteiger partial charge is 0.310 e. The predicted molar refractivity (Wildman–Crippen MR) is 123 cm³/mol. The first kappa shape index (κ1) is 19.5. The number of para-hydroxylation sites is 1. The zero-order chi connectivity index (χ0) is 21.2. The van der Waals surface area contributed by atoms with E-state index in [-0.39, 0.29) is 18.1 Å². The number of hydrogen-bond donors (Lipinski definition) is 1. The minimum absolute atomic E-state index is 0.118. The lowest BCUT2D eigenvalue weighted by atomic mass is 10.2. The Kier molecular flexibility index (Phi) is 5.23. The van der Waals surface area contributed by atoms with Crippen LogP contribution < -0.4 is 5.32 Å². The standard InChI is InChI=1S/C23H15FN4OS2/c24-16-5-3-4-14(10-16)22-26-17(13-30-22)11-21(29)28-20-9-8-15(12-25-20)23-27-18-6-1-2-7-19(18)31-23/h1-10,12-13H,11H2,(H,25,28,29). The van der Waals surface area contributed by atoms with Crippen molar-refractivity contribution >= 4 is 44.6 Å². The van der Waals surface area contributed by atoms with Crippen LogP contribution in [0.5, 0.6) is 0 Å². The van der Waals surface area contributed by atoms with Crippen molar-refractivity contribution in [2.45, 2.75) is 6.42 Å². The number of carbonyl (C=O) groups is 1. The van der Waals surface area contributed by atoms with Crippen LogP contribution in [0.1, 0.15) is 5.69 Å². The number of hydrogen-bond acceptors (Lipinski definition) is 6. The maximum Gasteiger partial charge on any atom is 0.231 e. The second kappa shape index (κ2) is 8.33. The van der Waals surface area contributed by atoms with Crippen LogP contribution in [0.15, 0.2) is 72.2 Å². The fourth-order valence-electron chi connectivity index (χ4n) is 3.08. The molecule has 0 aliphatic carbocycles. The molecule has 8 heteroatoms. The van der Waals surface area contributed by atoms with Crippen molar-refractivity contribution in [2.24, 2.45) is 0 Å². The van der Waals surface area contributed by atoms with Gasteiger partial charge in [-0.3, -0.25) is 4.79 Å². The van der Waals surface area contributed by atoms with Crippen molar-refractivity contribution in [3.63, 3.8) is 0 Å². The number of pyridine rings is 1. The first-order valence-electron chi connectivity index (χ1n) is 9.46. The van der Waals surface area contributed by atoms with Crippen LogP contribution in [0, 0.1) is 5.82 Å². The lowest BCUT2D eigenvalue weighted by Crippen LogP contribution is -2.15. The molecule has 3 aromatic heterocycles. The van der Waals surface area contributed by atoms with Crippen molar-refractivity contribution in [1.29, 1.82) is 0 Å². The molecule has 0 fully saturated rings. The second-order valence-corrected chi connectivity index (χ2v) is 8.69. The topological polar surface area (TPSA) is 67.8 Å². The number of nitrogens with zero attached hydrogens (tertiary/aromatic N) is 3. The average Bonchev–Trinajstić information content (AvgIpc) is 3.41. The Bertz CT molecular complexity index is 1340. The van der Waals surface area contributed by atoms with Crippen LogP contribution in [0.3, 0.4) is 0 Å². The van der Waals surface area contributed by atoms with Crippen LogP contribution in [0.25, 0.3) is 31.4 Å². The summed E-state index contributed by atoms with van der Waals surface area (Å²) in [5, 5.41) is 6.17. The fourth-order valence-corrected chi connectivity index (χ4v) is 4.86. The van der Waals surface area contributed by atoms with Gasteiger partial charge in [0.15, 0.2) is 0 Å². The number of carbonyl (C=O) groups excluding carboxylic acids is 1. The number of fused-ring (bicyclic) bond motifs is 1. The summed E-state index contributed by atoms with van der Waals surface area (Å²) in [5.74, 6) is -0.0564. The Labute approximate surface area is 185 Å². The number of thiazole rings is 2. The molecule has 3 heterocycles. The second-order valence-electron chi connectivity index (χ2n) is 6.80. The van der Waals surface area contributed by atoms with Crippen molar-refractivity contribution in [3.05, 3.63) is 83.8 Å². The molecule has 0 radical (unpaired) electrons. The van der Waals surface area contributed by atoms with E-state index in [0.29, 0.717) is 22.1 Å². The number of benzene rings is 2. The van der Waals surface area contributed by atoms with Gasteiger partial charge in [0, 0.05) is 22.7 Å². The first-order valence-corrected chi connectivity index (χ1v) is 11.2. The lowest BCUT2D eigenvalue weighted by Gasteiger charge is -2.04. The minimum atomic E-state index is -0.313. The molecule has 0 saturated heterocycles. The van der Waals surface area contributed by atoms with Crippen LogP contribution >= 0.6 is 22.7 Å². The number of rotatable bonds is 5. The maximum atomic E-state index is 13.4. The zero-order valence-corrected chi connectivity index (χ0v) is 17.7.